The minimum Gasteiger partial charge on any atom is -0.321 e. The van der Waals surface area contributed by atoms with Crippen LogP contribution in [0.25, 0.3) is 0 Å². The summed E-state index contributed by atoms with van der Waals surface area (Å²) in [6.45, 7) is 7.29. The number of nitrogens with zero attached hydrogens (tertiary/aromatic N) is 5. The van der Waals surface area contributed by atoms with Gasteiger partial charge in [0, 0.05) is 0 Å². The van der Waals surface area contributed by atoms with Gasteiger partial charge in [0.15, 0.2) is 0 Å². The Balaban J connectivity index is 1.80. The molecule has 0 aliphatic rings. The average molecular weight is 451 g/mol. The van der Waals surface area contributed by atoms with Crippen LogP contribution in [-0.2, 0) is 11.3 Å². The molecule has 0 saturated carbocycles. The molecule has 9 nitrogen and oxygen atoms in total. The Bertz CT molecular complexity index is 1140. The molecule has 1 atom stereocenters. The molecule has 3 aromatic rings. The van der Waals surface area contributed by atoms with Gasteiger partial charge in [-0.1, -0.05) is 29.3 Å². The van der Waals surface area contributed by atoms with E-state index in [4.69, 9.17) is 23.2 Å². The number of nitro groups is 1. The van der Waals surface area contributed by atoms with E-state index in [2.05, 4.69) is 15.5 Å². The van der Waals surface area contributed by atoms with Gasteiger partial charge in [-0.3, -0.25) is 24.3 Å². The molecule has 1 N–H and O–H groups in total. The maximum atomic E-state index is 12.8. The number of amides is 1. The number of hydrogen-bond donors (Lipinski definition) is 1. The molecule has 1 unspecified atom stereocenters. The molecule has 3 rings (SSSR count). The molecule has 0 aliphatic heterocycles. The van der Waals surface area contributed by atoms with E-state index < -0.39 is 11.0 Å². The standard InChI is InChI=1S/C19H20Cl2N6O3/c1-10-18(12(3)25(24-10)9-14-5-6-15(20)16(21)7-14)23-19(28)13(4)26-11(2)17(8-22-26)27(29)30/h5-8,13H,9H2,1-4H3,(H,23,28). The summed E-state index contributed by atoms with van der Waals surface area (Å²) in [6, 6.07) is 4.61. The minimum atomic E-state index is -0.740. The second-order valence-electron chi connectivity index (χ2n) is 6.93. The number of aryl methyl sites for hydroxylation is 1. The number of aromatic nitrogens is 4. The van der Waals surface area contributed by atoms with Gasteiger partial charge in [0.05, 0.1) is 38.6 Å². The number of carbonyl (C=O) groups excluding carboxylic acids is 1. The van der Waals surface area contributed by atoms with Crippen LogP contribution >= 0.6 is 23.2 Å². The fraction of sp³-hybridized carbons (Fsp3) is 0.316. The van der Waals surface area contributed by atoms with Crippen molar-refractivity contribution in [1.82, 2.24) is 19.6 Å². The topological polar surface area (TPSA) is 108 Å². The van der Waals surface area contributed by atoms with E-state index in [1.807, 2.05) is 13.0 Å². The van der Waals surface area contributed by atoms with E-state index in [1.165, 1.54) is 4.68 Å². The first kappa shape index (κ1) is 21.8. The smallest absolute Gasteiger partial charge is 0.309 e. The fourth-order valence-electron chi connectivity index (χ4n) is 3.17. The quantitative estimate of drug-likeness (QED) is 0.440. The molecule has 0 saturated heterocycles. The van der Waals surface area contributed by atoms with Crippen LogP contribution in [0.15, 0.2) is 24.4 Å². The highest BCUT2D eigenvalue weighted by Crippen LogP contribution is 2.26. The third kappa shape index (κ3) is 4.17. The van der Waals surface area contributed by atoms with Crippen molar-refractivity contribution in [1.29, 1.82) is 0 Å². The van der Waals surface area contributed by atoms with Gasteiger partial charge in [-0.05, 0) is 45.4 Å². The zero-order chi connectivity index (χ0) is 22.2. The molecule has 11 heteroatoms. The van der Waals surface area contributed by atoms with Crippen molar-refractivity contribution in [2.24, 2.45) is 0 Å². The Morgan fingerprint density at radius 3 is 2.53 bits per heavy atom. The molecule has 1 amide bonds. The summed E-state index contributed by atoms with van der Waals surface area (Å²) in [7, 11) is 0. The fourth-order valence-corrected chi connectivity index (χ4v) is 3.49. The van der Waals surface area contributed by atoms with Gasteiger partial charge >= 0.3 is 5.69 Å². The van der Waals surface area contributed by atoms with Crippen LogP contribution in [0.5, 0.6) is 0 Å². The maximum Gasteiger partial charge on any atom is 0.309 e. The van der Waals surface area contributed by atoms with Crippen LogP contribution in [-0.4, -0.2) is 30.4 Å². The highest BCUT2D eigenvalue weighted by Gasteiger charge is 2.25. The van der Waals surface area contributed by atoms with Crippen LogP contribution in [0.1, 0.15) is 35.6 Å². The van der Waals surface area contributed by atoms with Crippen molar-refractivity contribution in [2.45, 2.75) is 40.3 Å². The van der Waals surface area contributed by atoms with Crippen LogP contribution in [0.4, 0.5) is 11.4 Å². The lowest BCUT2D eigenvalue weighted by Gasteiger charge is -2.14. The van der Waals surface area contributed by atoms with Gasteiger partial charge in [0.2, 0.25) is 5.91 Å². The minimum absolute atomic E-state index is 0.128. The molecule has 158 valence electrons. The Labute approximate surface area is 182 Å². The molecule has 1 aromatic carbocycles. The van der Waals surface area contributed by atoms with Crippen molar-refractivity contribution in [3.63, 3.8) is 0 Å². The highest BCUT2D eigenvalue weighted by molar-refractivity contribution is 6.42. The van der Waals surface area contributed by atoms with Gasteiger partial charge in [-0.15, -0.1) is 0 Å². The Morgan fingerprint density at radius 1 is 1.23 bits per heavy atom. The second-order valence-corrected chi connectivity index (χ2v) is 7.75. The van der Waals surface area contributed by atoms with Crippen molar-refractivity contribution in [3.05, 3.63) is 67.2 Å². The third-order valence-electron chi connectivity index (χ3n) is 4.91. The Morgan fingerprint density at radius 2 is 1.93 bits per heavy atom. The van der Waals surface area contributed by atoms with Crippen LogP contribution < -0.4 is 5.32 Å². The number of halogens is 2. The zero-order valence-corrected chi connectivity index (χ0v) is 18.3. The number of hydrogen-bond acceptors (Lipinski definition) is 5. The zero-order valence-electron chi connectivity index (χ0n) is 16.8. The summed E-state index contributed by atoms with van der Waals surface area (Å²) in [5.41, 5.74) is 3.10. The third-order valence-corrected chi connectivity index (χ3v) is 5.65. The van der Waals surface area contributed by atoms with E-state index >= 15 is 0 Å². The average Bonchev–Trinajstić information content (AvgIpc) is 3.19. The van der Waals surface area contributed by atoms with Crippen molar-refractivity contribution in [2.75, 3.05) is 5.32 Å². The number of carbonyl (C=O) groups is 1. The molecule has 0 aliphatic carbocycles. The Hall–Kier alpha value is -2.91. The van der Waals surface area contributed by atoms with Crippen molar-refractivity contribution >= 4 is 40.5 Å². The summed E-state index contributed by atoms with van der Waals surface area (Å²) in [6.07, 6.45) is 1.14. The van der Waals surface area contributed by atoms with E-state index in [-0.39, 0.29) is 11.6 Å². The van der Waals surface area contributed by atoms with Crippen molar-refractivity contribution in [3.8, 4) is 0 Å². The predicted molar refractivity (Wildman–Crippen MR) is 114 cm³/mol. The predicted octanol–water partition coefficient (Wildman–Crippen LogP) is 4.47. The summed E-state index contributed by atoms with van der Waals surface area (Å²) in [5.74, 6) is -0.351. The maximum absolute atomic E-state index is 12.8. The number of nitrogens with one attached hydrogen (secondary N) is 1. The first-order valence-electron chi connectivity index (χ1n) is 9.07. The summed E-state index contributed by atoms with van der Waals surface area (Å²) < 4.78 is 3.09. The first-order chi connectivity index (χ1) is 14.1. The lowest BCUT2D eigenvalue weighted by molar-refractivity contribution is -0.385. The molecule has 0 fully saturated rings. The van der Waals surface area contributed by atoms with E-state index in [9.17, 15) is 14.9 Å². The van der Waals surface area contributed by atoms with E-state index in [0.29, 0.717) is 33.7 Å². The number of rotatable bonds is 6. The van der Waals surface area contributed by atoms with Gasteiger partial charge < -0.3 is 5.32 Å². The molecule has 30 heavy (non-hydrogen) atoms. The lowest BCUT2D eigenvalue weighted by atomic mass is 10.2. The summed E-state index contributed by atoms with van der Waals surface area (Å²) >= 11 is 12.0. The molecular formula is C19H20Cl2N6O3. The number of anilines is 1. The van der Waals surface area contributed by atoms with Crippen LogP contribution in [0.3, 0.4) is 0 Å². The Kier molecular flexibility index (Phi) is 6.14. The highest BCUT2D eigenvalue weighted by atomic mass is 35.5. The molecule has 0 radical (unpaired) electrons. The van der Waals surface area contributed by atoms with Gasteiger partial charge in [0.25, 0.3) is 0 Å². The molecule has 0 bridgehead atoms. The van der Waals surface area contributed by atoms with Gasteiger partial charge in [-0.25, -0.2) is 0 Å². The van der Waals surface area contributed by atoms with E-state index in [0.717, 1.165) is 17.5 Å². The van der Waals surface area contributed by atoms with Crippen LogP contribution in [0.2, 0.25) is 10.0 Å². The van der Waals surface area contributed by atoms with Crippen molar-refractivity contribution < 1.29 is 9.72 Å². The summed E-state index contributed by atoms with van der Waals surface area (Å²) in [4.78, 5) is 23.3. The van der Waals surface area contributed by atoms with Crippen LogP contribution in [0, 0.1) is 30.9 Å². The second kappa shape index (κ2) is 8.45. The largest absolute Gasteiger partial charge is 0.321 e. The SMILES string of the molecule is Cc1nn(Cc2ccc(Cl)c(Cl)c2)c(C)c1NC(=O)C(C)n1ncc([N+](=O)[O-])c1C. The molecule has 0 spiro atoms. The summed E-state index contributed by atoms with van der Waals surface area (Å²) in [5, 5.41) is 23.3. The first-order valence-corrected chi connectivity index (χ1v) is 9.83. The molecule has 2 heterocycles. The normalized spacial score (nSPS) is 12.1. The van der Waals surface area contributed by atoms with E-state index in [1.54, 1.807) is 37.6 Å². The lowest BCUT2D eigenvalue weighted by Crippen LogP contribution is -2.25. The molecular weight excluding hydrogens is 431 g/mol. The van der Waals surface area contributed by atoms with Gasteiger partial charge in [0.1, 0.15) is 17.9 Å². The van der Waals surface area contributed by atoms with Gasteiger partial charge in [-0.2, -0.15) is 10.2 Å². The number of benzene rings is 1. The molecule has 2 aromatic heterocycles. The monoisotopic (exact) mass is 450 g/mol.